The molecule has 0 saturated carbocycles. The zero-order valence-corrected chi connectivity index (χ0v) is 20.1. The fraction of sp³-hybridized carbons (Fsp3) is 0.476. The number of aliphatic imine (C=N–C) groups is 1. The van der Waals surface area contributed by atoms with Crippen LogP contribution in [0.3, 0.4) is 0 Å². The van der Waals surface area contributed by atoms with Crippen molar-refractivity contribution in [2.24, 2.45) is 12.0 Å². The fourth-order valence-corrected chi connectivity index (χ4v) is 3.32. The number of anilines is 1. The quantitative estimate of drug-likeness (QED) is 0.349. The zero-order valence-electron chi connectivity index (χ0n) is 17.8. The number of aliphatic hydroxyl groups excluding tert-OH is 1. The van der Waals surface area contributed by atoms with E-state index in [1.807, 2.05) is 43.0 Å². The van der Waals surface area contributed by atoms with E-state index in [0.717, 1.165) is 31.2 Å². The lowest BCUT2D eigenvalue weighted by Crippen LogP contribution is -2.53. The summed E-state index contributed by atoms with van der Waals surface area (Å²) in [4.78, 5) is 25.4. The number of nitrogens with one attached hydrogen (secondary N) is 1. The lowest BCUT2D eigenvalue weighted by Gasteiger charge is -2.36. The van der Waals surface area contributed by atoms with E-state index in [1.165, 1.54) is 5.56 Å². The molecule has 1 fully saturated rings. The second-order valence-corrected chi connectivity index (χ2v) is 7.26. The van der Waals surface area contributed by atoms with Crippen molar-refractivity contribution in [1.82, 2.24) is 19.8 Å². The molecule has 2 N–H and O–H groups in total. The number of piperazine rings is 1. The number of aryl methyl sites for hydroxylation is 2. The number of aromatic nitrogens is 2. The largest absolute Gasteiger partial charge is 0.386 e. The van der Waals surface area contributed by atoms with Crippen molar-refractivity contribution in [2.75, 3.05) is 44.2 Å². The summed E-state index contributed by atoms with van der Waals surface area (Å²) in [6.45, 7) is 7.94. The van der Waals surface area contributed by atoms with E-state index in [2.05, 4.69) is 20.2 Å². The Bertz CT molecular complexity index is 891. The first-order valence-electron chi connectivity index (χ1n) is 10.0. The highest BCUT2D eigenvalue weighted by Crippen LogP contribution is 2.14. The number of nitrogens with zero attached hydrogens (tertiary/aromatic N) is 5. The number of guanidine groups is 1. The van der Waals surface area contributed by atoms with Crippen LogP contribution >= 0.6 is 24.0 Å². The first-order valence-corrected chi connectivity index (χ1v) is 10.0. The van der Waals surface area contributed by atoms with Gasteiger partial charge in [-0.05, 0) is 19.4 Å². The summed E-state index contributed by atoms with van der Waals surface area (Å²) in [5.41, 5.74) is 1.95. The number of halogens is 1. The van der Waals surface area contributed by atoms with Crippen LogP contribution in [0.2, 0.25) is 0 Å². The van der Waals surface area contributed by atoms with Crippen molar-refractivity contribution < 1.29 is 5.11 Å². The summed E-state index contributed by atoms with van der Waals surface area (Å²) in [5.74, 6) is 1.28. The Labute approximate surface area is 194 Å². The van der Waals surface area contributed by atoms with Gasteiger partial charge >= 0.3 is 0 Å². The van der Waals surface area contributed by atoms with Crippen LogP contribution in [0.25, 0.3) is 0 Å². The smallest absolute Gasteiger partial charge is 0.293 e. The van der Waals surface area contributed by atoms with E-state index in [-0.39, 0.29) is 29.5 Å². The predicted octanol–water partition coefficient (Wildman–Crippen LogP) is 1.53. The number of hydrogen-bond donors (Lipinski definition) is 2. The van der Waals surface area contributed by atoms with Gasteiger partial charge in [-0.3, -0.25) is 9.79 Å². The number of benzene rings is 1. The summed E-state index contributed by atoms with van der Waals surface area (Å²) in [7, 11) is 1.74. The molecule has 3 rings (SSSR count). The highest BCUT2D eigenvalue weighted by molar-refractivity contribution is 14.0. The van der Waals surface area contributed by atoms with Crippen molar-refractivity contribution in [3.63, 3.8) is 0 Å². The van der Waals surface area contributed by atoms with Gasteiger partial charge < -0.3 is 24.8 Å². The topological polar surface area (TPSA) is 86.0 Å². The third-order valence-electron chi connectivity index (χ3n) is 5.09. The molecule has 8 nitrogen and oxygen atoms in total. The van der Waals surface area contributed by atoms with E-state index >= 15 is 0 Å². The SMILES string of the molecule is CCNC(=NCC(O)c1ccc(C)cc1)N1CCN(c2nccn(C)c2=O)CC1.I. The molecule has 2 heterocycles. The Morgan fingerprint density at radius 1 is 1.23 bits per heavy atom. The zero-order chi connectivity index (χ0) is 20.8. The Hall–Kier alpha value is -2.14. The van der Waals surface area contributed by atoms with Crippen LogP contribution in [0.5, 0.6) is 0 Å². The Balaban J connectivity index is 0.00000320. The lowest BCUT2D eigenvalue weighted by molar-refractivity contribution is 0.186. The molecule has 0 bridgehead atoms. The fourth-order valence-electron chi connectivity index (χ4n) is 3.32. The number of hydrogen-bond acceptors (Lipinski definition) is 5. The van der Waals surface area contributed by atoms with Gasteiger partial charge in [0.05, 0.1) is 12.6 Å². The van der Waals surface area contributed by atoms with Crippen molar-refractivity contribution in [3.05, 3.63) is 58.1 Å². The highest BCUT2D eigenvalue weighted by Gasteiger charge is 2.22. The third kappa shape index (κ3) is 5.94. The summed E-state index contributed by atoms with van der Waals surface area (Å²) in [6, 6.07) is 7.87. The van der Waals surface area contributed by atoms with E-state index in [1.54, 1.807) is 24.0 Å². The summed E-state index contributed by atoms with van der Waals surface area (Å²) in [5, 5.41) is 13.8. The monoisotopic (exact) mass is 526 g/mol. The molecule has 0 aliphatic carbocycles. The molecule has 1 saturated heterocycles. The van der Waals surface area contributed by atoms with Gasteiger partial charge in [-0.25, -0.2) is 4.98 Å². The molecule has 1 atom stereocenters. The van der Waals surface area contributed by atoms with Gasteiger partial charge in [-0.15, -0.1) is 24.0 Å². The summed E-state index contributed by atoms with van der Waals surface area (Å²) in [6.07, 6.45) is 2.68. The van der Waals surface area contributed by atoms with Gasteiger partial charge in [0.2, 0.25) is 0 Å². The molecule has 1 aliphatic rings. The van der Waals surface area contributed by atoms with E-state index < -0.39 is 6.10 Å². The predicted molar refractivity (Wildman–Crippen MR) is 131 cm³/mol. The molecule has 1 aliphatic heterocycles. The molecule has 0 amide bonds. The average molecular weight is 526 g/mol. The van der Waals surface area contributed by atoms with Crippen LogP contribution in [0.4, 0.5) is 5.82 Å². The minimum absolute atomic E-state index is 0. The first-order chi connectivity index (χ1) is 14.0. The van der Waals surface area contributed by atoms with Gasteiger partial charge in [-0.1, -0.05) is 29.8 Å². The third-order valence-corrected chi connectivity index (χ3v) is 5.09. The van der Waals surface area contributed by atoms with Crippen LogP contribution in [0.15, 0.2) is 46.4 Å². The van der Waals surface area contributed by atoms with Crippen molar-refractivity contribution >= 4 is 35.8 Å². The maximum atomic E-state index is 12.3. The molecular formula is C21H31IN6O2. The minimum Gasteiger partial charge on any atom is -0.386 e. The molecule has 1 aromatic heterocycles. The van der Waals surface area contributed by atoms with E-state index in [4.69, 9.17) is 0 Å². The molecular weight excluding hydrogens is 495 g/mol. The van der Waals surface area contributed by atoms with Gasteiger partial charge in [0.15, 0.2) is 11.8 Å². The van der Waals surface area contributed by atoms with E-state index in [9.17, 15) is 9.90 Å². The van der Waals surface area contributed by atoms with Crippen molar-refractivity contribution in [3.8, 4) is 0 Å². The first kappa shape index (κ1) is 24.1. The van der Waals surface area contributed by atoms with Crippen LogP contribution < -0.4 is 15.8 Å². The van der Waals surface area contributed by atoms with E-state index in [0.29, 0.717) is 25.5 Å². The number of aliphatic hydroxyl groups is 1. The van der Waals surface area contributed by atoms with Crippen LogP contribution in [0, 0.1) is 6.92 Å². The van der Waals surface area contributed by atoms with Crippen molar-refractivity contribution in [2.45, 2.75) is 20.0 Å². The Morgan fingerprint density at radius 2 is 1.90 bits per heavy atom. The Kier molecular flexibility index (Phi) is 9.09. The molecule has 30 heavy (non-hydrogen) atoms. The molecule has 0 spiro atoms. The van der Waals surface area contributed by atoms with Crippen LogP contribution in [-0.2, 0) is 7.05 Å². The molecule has 9 heteroatoms. The molecule has 1 aromatic carbocycles. The molecule has 164 valence electrons. The summed E-state index contributed by atoms with van der Waals surface area (Å²) < 4.78 is 1.55. The lowest BCUT2D eigenvalue weighted by atomic mass is 10.1. The maximum absolute atomic E-state index is 12.3. The molecule has 2 aromatic rings. The maximum Gasteiger partial charge on any atom is 0.293 e. The van der Waals surface area contributed by atoms with Gasteiger partial charge in [0, 0.05) is 52.2 Å². The standard InChI is InChI=1S/C21H30N6O2.HI/c1-4-22-21(24-15-18(28)17-7-5-16(2)6-8-17)27-13-11-26(12-14-27)19-20(29)25(3)10-9-23-19;/h5-10,18,28H,4,11-15H2,1-3H3,(H,22,24);1H. The second kappa shape index (κ2) is 11.3. The van der Waals surface area contributed by atoms with Crippen molar-refractivity contribution in [1.29, 1.82) is 0 Å². The Morgan fingerprint density at radius 3 is 2.53 bits per heavy atom. The average Bonchev–Trinajstić information content (AvgIpc) is 2.73. The van der Waals surface area contributed by atoms with Gasteiger partial charge in [0.25, 0.3) is 5.56 Å². The van der Waals surface area contributed by atoms with Gasteiger partial charge in [-0.2, -0.15) is 0 Å². The highest BCUT2D eigenvalue weighted by atomic mass is 127. The normalized spacial score (nSPS) is 15.5. The number of rotatable bonds is 5. The van der Waals surface area contributed by atoms with Crippen LogP contribution in [-0.4, -0.2) is 64.8 Å². The summed E-state index contributed by atoms with van der Waals surface area (Å²) >= 11 is 0. The molecule has 0 radical (unpaired) electrons. The second-order valence-electron chi connectivity index (χ2n) is 7.26. The molecule has 1 unspecified atom stereocenters. The van der Waals surface area contributed by atoms with Gasteiger partial charge in [0.1, 0.15) is 0 Å². The minimum atomic E-state index is -0.637. The van der Waals surface area contributed by atoms with Crippen LogP contribution in [0.1, 0.15) is 24.2 Å².